The second-order valence-corrected chi connectivity index (χ2v) is 21.4. The number of unbranched alkanes of at least 4 members (excludes halogenated alkanes) is 11. The van der Waals surface area contributed by atoms with Gasteiger partial charge in [-0.2, -0.15) is 0 Å². The Labute approximate surface area is 466 Å². The van der Waals surface area contributed by atoms with Gasteiger partial charge in [0.1, 0.15) is 29.0 Å². The van der Waals surface area contributed by atoms with E-state index in [2.05, 4.69) is 24.9 Å². The number of oxime groups is 1. The monoisotopic (exact) mass is 1100 g/mol. The SMILES string of the molecule is C=CCOC12Oc3ccc(OC(=O)Nc4ccc(OC)cc4OC)cc3C3C(CCCCO)C(CCCCO)C=C(C(=NOC4CCCCO4)CC1N(Cc1ccc4c(c1)OCO4)C(=O)OCCCCCCCCCCCC)C32. The number of benzene rings is 3. The maximum atomic E-state index is 15.3. The lowest BCUT2D eigenvalue weighted by Gasteiger charge is -2.59. The van der Waals surface area contributed by atoms with E-state index in [1.54, 1.807) is 48.4 Å². The number of methoxy groups -OCH3 is 2. The Balaban J connectivity index is 1.22. The van der Waals surface area contributed by atoms with Gasteiger partial charge in [0.05, 0.1) is 51.4 Å². The average Bonchev–Trinajstić information content (AvgIpc) is 4.04. The molecule has 8 rings (SSSR count). The van der Waals surface area contributed by atoms with Gasteiger partial charge in [-0.1, -0.05) is 101 Å². The zero-order valence-electron chi connectivity index (χ0n) is 46.8. The minimum absolute atomic E-state index is 0.0325. The molecular weight excluding hydrogens is 1010 g/mol. The number of ether oxygens (including phenoxy) is 9. The summed E-state index contributed by atoms with van der Waals surface area (Å²) in [5, 5.41) is 28.1. The first-order chi connectivity index (χ1) is 38.7. The van der Waals surface area contributed by atoms with Gasteiger partial charge in [-0.3, -0.25) is 10.2 Å². The quantitative estimate of drug-likeness (QED) is 0.0313. The fourth-order valence-corrected chi connectivity index (χ4v) is 12.1. The molecule has 3 aromatic carbocycles. The fourth-order valence-electron chi connectivity index (χ4n) is 12.1. The molecule has 3 aromatic rings. The molecule has 79 heavy (non-hydrogen) atoms. The van der Waals surface area contributed by atoms with E-state index in [1.807, 2.05) is 24.3 Å². The molecule has 432 valence electrons. The van der Waals surface area contributed by atoms with Crippen LogP contribution >= 0.6 is 0 Å². The predicted molar refractivity (Wildman–Crippen MR) is 300 cm³/mol. The van der Waals surface area contributed by atoms with E-state index in [1.165, 1.54) is 45.6 Å². The van der Waals surface area contributed by atoms with Gasteiger partial charge in [0.15, 0.2) is 11.5 Å². The van der Waals surface area contributed by atoms with Gasteiger partial charge in [-0.05, 0) is 110 Å². The number of carbonyl (C=O) groups is 2. The minimum Gasteiger partial charge on any atom is -0.497 e. The number of anilines is 1. The summed E-state index contributed by atoms with van der Waals surface area (Å²) in [7, 11) is 3.06. The van der Waals surface area contributed by atoms with Gasteiger partial charge in [-0.25, -0.2) is 9.59 Å². The summed E-state index contributed by atoms with van der Waals surface area (Å²) in [5.74, 6) is 0.178. The highest BCUT2D eigenvalue weighted by atomic mass is 16.8. The Kier molecular flexibility index (Phi) is 22.4. The summed E-state index contributed by atoms with van der Waals surface area (Å²) in [5.41, 5.74) is 3.43. The molecule has 0 bridgehead atoms. The van der Waals surface area contributed by atoms with Crippen LogP contribution in [0.25, 0.3) is 0 Å². The van der Waals surface area contributed by atoms with Crippen molar-refractivity contribution in [2.45, 2.75) is 166 Å². The molecule has 0 aromatic heterocycles. The van der Waals surface area contributed by atoms with Crippen molar-refractivity contribution in [1.29, 1.82) is 0 Å². The fraction of sp³-hybridized carbons (Fsp3) is 0.597. The molecule has 1 saturated carbocycles. The highest BCUT2D eigenvalue weighted by Gasteiger charge is 2.66. The topological polar surface area (TPSA) is 195 Å². The number of carbonyl (C=O) groups excluding carboxylic acids is 2. The van der Waals surface area contributed by atoms with Crippen LogP contribution in [-0.4, -0.2) is 105 Å². The van der Waals surface area contributed by atoms with Crippen LogP contribution in [0.2, 0.25) is 0 Å². The Morgan fingerprint density at radius 1 is 0.835 bits per heavy atom. The van der Waals surface area contributed by atoms with Crippen LogP contribution in [0.15, 0.2) is 84.1 Å². The standard InChI is InChI=1S/C62H85N3O14/c1-5-7-8-9-10-11-12-13-14-20-35-73-61(69)65(41-43-25-29-53-55(36-43)75-42-74-53)56-40-51(64-79-57-24-17-21-34-72-57)48-37-44(22-15-18-31-66)47(23-16-19-32-67)58-49-38-46(27-30-52(49)78-62(56,59(48)58)76-33-6-2)77-60(68)63-50-28-26-45(70-3)39-54(50)71-4/h6,25-30,36-39,44,47,56-59,66-67H,2,5,7-24,31-35,40-42H2,1,3-4H3,(H,63,68). The molecule has 2 amide bonds. The van der Waals surface area contributed by atoms with Crippen molar-refractivity contribution in [3.05, 3.63) is 90.0 Å². The number of hydrogen-bond donors (Lipinski definition) is 3. The zero-order valence-corrected chi connectivity index (χ0v) is 46.8. The molecule has 17 heteroatoms. The maximum Gasteiger partial charge on any atom is 0.417 e. The Morgan fingerprint density at radius 2 is 1.58 bits per heavy atom. The highest BCUT2D eigenvalue weighted by molar-refractivity contribution is 6.03. The largest absolute Gasteiger partial charge is 0.497 e. The molecule has 5 aliphatic rings. The van der Waals surface area contributed by atoms with E-state index in [9.17, 15) is 15.0 Å². The summed E-state index contributed by atoms with van der Waals surface area (Å²) < 4.78 is 55.8. The van der Waals surface area contributed by atoms with Gasteiger partial charge < -0.3 is 57.7 Å². The van der Waals surface area contributed by atoms with E-state index in [0.717, 1.165) is 74.5 Å². The van der Waals surface area contributed by atoms with Crippen molar-refractivity contribution in [2.24, 2.45) is 22.9 Å². The lowest BCUT2D eigenvalue weighted by Crippen LogP contribution is -2.70. The van der Waals surface area contributed by atoms with Crippen LogP contribution in [0.4, 0.5) is 15.3 Å². The van der Waals surface area contributed by atoms with Crippen LogP contribution in [0, 0.1) is 17.8 Å². The summed E-state index contributed by atoms with van der Waals surface area (Å²) in [6.07, 6.45) is 20.4. The molecule has 2 fully saturated rings. The maximum absolute atomic E-state index is 15.3. The Bertz CT molecular complexity index is 2510. The van der Waals surface area contributed by atoms with Gasteiger partial charge in [0.25, 0.3) is 0 Å². The third-order valence-corrected chi connectivity index (χ3v) is 16.0. The number of amides is 2. The van der Waals surface area contributed by atoms with Crippen LogP contribution < -0.4 is 33.7 Å². The molecule has 7 unspecified atom stereocenters. The van der Waals surface area contributed by atoms with Crippen molar-refractivity contribution in [3.63, 3.8) is 0 Å². The van der Waals surface area contributed by atoms with E-state index in [-0.39, 0.29) is 63.8 Å². The van der Waals surface area contributed by atoms with Gasteiger partial charge >= 0.3 is 12.2 Å². The first-order valence-corrected chi connectivity index (χ1v) is 29.1. The van der Waals surface area contributed by atoms with E-state index >= 15 is 4.79 Å². The predicted octanol–water partition coefficient (Wildman–Crippen LogP) is 12.8. The minimum atomic E-state index is -1.58. The third-order valence-electron chi connectivity index (χ3n) is 16.0. The molecule has 0 spiro atoms. The van der Waals surface area contributed by atoms with Crippen LogP contribution in [0.1, 0.15) is 152 Å². The normalized spacial score (nSPS) is 23.1. The zero-order chi connectivity index (χ0) is 55.4. The number of hydrogen-bond acceptors (Lipinski definition) is 15. The molecule has 1 saturated heterocycles. The lowest BCUT2D eigenvalue weighted by molar-refractivity contribution is -0.256. The van der Waals surface area contributed by atoms with Gasteiger partial charge in [0, 0.05) is 50.1 Å². The Hall–Kier alpha value is -6.01. The average molecular weight is 1100 g/mol. The number of nitrogens with zero attached hydrogens (tertiary/aromatic N) is 2. The molecule has 3 N–H and O–H groups in total. The second-order valence-electron chi connectivity index (χ2n) is 21.4. The smallest absolute Gasteiger partial charge is 0.417 e. The van der Waals surface area contributed by atoms with E-state index in [4.69, 9.17) is 52.6 Å². The van der Waals surface area contributed by atoms with Gasteiger partial charge in [0.2, 0.25) is 18.9 Å². The number of fused-ring (bicyclic) bond motifs is 3. The number of aliphatic hydroxyl groups excluding tert-OH is 2. The summed E-state index contributed by atoms with van der Waals surface area (Å²) in [6, 6.07) is 15.2. The Morgan fingerprint density at radius 3 is 2.32 bits per heavy atom. The molecule has 3 aliphatic heterocycles. The number of allylic oxidation sites excluding steroid dienone is 1. The highest BCUT2D eigenvalue weighted by Crippen LogP contribution is 2.62. The summed E-state index contributed by atoms with van der Waals surface area (Å²) >= 11 is 0. The molecule has 2 aliphatic carbocycles. The third kappa shape index (κ3) is 15.1. The van der Waals surface area contributed by atoms with Crippen LogP contribution in [0.5, 0.6) is 34.5 Å². The van der Waals surface area contributed by atoms with Crippen LogP contribution in [0.3, 0.4) is 0 Å². The van der Waals surface area contributed by atoms with E-state index in [0.29, 0.717) is 72.4 Å². The first-order valence-electron chi connectivity index (χ1n) is 29.1. The van der Waals surface area contributed by atoms with Crippen molar-refractivity contribution in [2.75, 3.05) is 59.4 Å². The molecule has 0 radical (unpaired) electrons. The molecule has 3 heterocycles. The number of rotatable bonds is 31. The van der Waals surface area contributed by atoms with Crippen molar-refractivity contribution >= 4 is 23.6 Å². The molecule has 17 nitrogen and oxygen atoms in total. The summed E-state index contributed by atoms with van der Waals surface area (Å²) in [6.45, 7) is 7.47. The summed E-state index contributed by atoms with van der Waals surface area (Å²) in [4.78, 5) is 37.2. The second kappa shape index (κ2) is 30.0. The van der Waals surface area contributed by atoms with Crippen molar-refractivity contribution < 1.29 is 67.3 Å². The van der Waals surface area contributed by atoms with Crippen molar-refractivity contribution in [3.8, 4) is 34.5 Å². The van der Waals surface area contributed by atoms with Gasteiger partial charge in [-0.15, -0.1) is 6.58 Å². The molecular formula is C62H85N3O14. The van der Waals surface area contributed by atoms with E-state index < -0.39 is 42.1 Å². The molecule has 7 atom stereocenters. The number of aliphatic hydroxyl groups is 2. The number of nitrogens with one attached hydrogen (secondary N) is 1. The lowest BCUT2D eigenvalue weighted by atomic mass is 9.55. The first kappa shape index (κ1) is 59.1. The van der Waals surface area contributed by atoms with Crippen molar-refractivity contribution in [1.82, 2.24) is 4.90 Å². The van der Waals surface area contributed by atoms with Crippen LogP contribution in [-0.2, 0) is 25.6 Å².